The fraction of sp³-hybridized carbons (Fsp3) is 0.545. The molecule has 1 rings (SSSR count). The molecule has 0 aromatic carbocycles. The van der Waals surface area contributed by atoms with E-state index in [1.165, 1.54) is 0 Å². The summed E-state index contributed by atoms with van der Waals surface area (Å²) in [5, 5.41) is 13.5. The molecule has 1 aromatic heterocycles. The lowest BCUT2D eigenvalue weighted by Gasteiger charge is -2.13. The molecule has 2 N–H and O–H groups in total. The molecule has 1 heterocycles. The third-order valence-corrected chi connectivity index (χ3v) is 2.10. The summed E-state index contributed by atoms with van der Waals surface area (Å²) >= 11 is 0. The first-order valence-electron chi connectivity index (χ1n) is 5.47. The summed E-state index contributed by atoms with van der Waals surface area (Å²) in [6.07, 6.45) is 2.61. The minimum atomic E-state index is -0.303. The summed E-state index contributed by atoms with van der Waals surface area (Å²) in [7, 11) is 0. The average molecular weight is 222 g/mol. The van der Waals surface area contributed by atoms with Gasteiger partial charge in [0.1, 0.15) is 11.9 Å². The maximum Gasteiger partial charge on any atom is 0.242 e. The fourth-order valence-corrected chi connectivity index (χ4v) is 1.22. The number of rotatable bonds is 5. The lowest BCUT2D eigenvalue weighted by molar-refractivity contribution is -0.121. The predicted octanol–water partition coefficient (Wildman–Crippen LogP) is 1.11. The molecule has 5 nitrogen and oxygen atoms in total. The van der Waals surface area contributed by atoms with Crippen molar-refractivity contribution in [1.82, 2.24) is 15.5 Å². The largest absolute Gasteiger partial charge is 0.357 e. The summed E-state index contributed by atoms with van der Waals surface area (Å²) in [5.74, 6) is 0.601. The second kappa shape index (κ2) is 6.05. The highest BCUT2D eigenvalue weighted by Crippen LogP contribution is 2.04. The molecule has 88 valence electrons. The number of hydrogen-bond donors (Lipinski definition) is 2. The van der Waals surface area contributed by atoms with Gasteiger partial charge < -0.3 is 10.6 Å². The maximum atomic E-state index is 11.6. The smallest absolute Gasteiger partial charge is 0.242 e. The standard InChI is InChI=1S/C11H18N4O/c1-4-5-12-11(16)9(3)14-10-6-8(2)7-13-15-10/h6-7,9H,4-5H2,1-3H3,(H,12,16)(H,14,15). The molecule has 0 spiro atoms. The van der Waals surface area contributed by atoms with Crippen LogP contribution in [0.1, 0.15) is 25.8 Å². The first-order valence-corrected chi connectivity index (χ1v) is 5.47. The van der Waals surface area contributed by atoms with Crippen LogP contribution in [0.25, 0.3) is 0 Å². The molecule has 0 bridgehead atoms. The topological polar surface area (TPSA) is 66.9 Å². The van der Waals surface area contributed by atoms with E-state index in [1.807, 2.05) is 19.9 Å². The number of nitrogens with zero attached hydrogens (tertiary/aromatic N) is 2. The third-order valence-electron chi connectivity index (χ3n) is 2.10. The summed E-state index contributed by atoms with van der Waals surface area (Å²) in [5.41, 5.74) is 1.01. The number of anilines is 1. The van der Waals surface area contributed by atoms with E-state index in [0.29, 0.717) is 12.4 Å². The van der Waals surface area contributed by atoms with Crippen LogP contribution in [0, 0.1) is 6.92 Å². The second-order valence-corrected chi connectivity index (χ2v) is 3.78. The van der Waals surface area contributed by atoms with Gasteiger partial charge in [0, 0.05) is 6.54 Å². The van der Waals surface area contributed by atoms with Crippen LogP contribution in [0.3, 0.4) is 0 Å². The Morgan fingerprint density at radius 2 is 2.31 bits per heavy atom. The molecule has 0 aliphatic heterocycles. The van der Waals surface area contributed by atoms with Gasteiger partial charge in [-0.3, -0.25) is 4.79 Å². The van der Waals surface area contributed by atoms with Crippen LogP contribution in [0.4, 0.5) is 5.82 Å². The van der Waals surface area contributed by atoms with E-state index in [2.05, 4.69) is 20.8 Å². The number of aryl methyl sites for hydroxylation is 1. The molecule has 1 atom stereocenters. The number of carbonyl (C=O) groups excluding carboxylic acids is 1. The van der Waals surface area contributed by atoms with Crippen LogP contribution in [-0.2, 0) is 4.79 Å². The average Bonchev–Trinajstić information content (AvgIpc) is 2.25. The van der Waals surface area contributed by atoms with Gasteiger partial charge in [-0.05, 0) is 31.9 Å². The van der Waals surface area contributed by atoms with Crippen LogP contribution in [-0.4, -0.2) is 28.7 Å². The van der Waals surface area contributed by atoms with Gasteiger partial charge in [0.15, 0.2) is 0 Å². The Morgan fingerprint density at radius 3 is 2.94 bits per heavy atom. The quantitative estimate of drug-likeness (QED) is 0.783. The molecule has 0 saturated heterocycles. The van der Waals surface area contributed by atoms with Gasteiger partial charge in [-0.2, -0.15) is 5.10 Å². The summed E-state index contributed by atoms with van der Waals surface area (Å²) in [6.45, 7) is 6.45. The van der Waals surface area contributed by atoms with Crippen molar-refractivity contribution in [1.29, 1.82) is 0 Å². The maximum absolute atomic E-state index is 11.6. The molecular weight excluding hydrogens is 204 g/mol. The normalized spacial score (nSPS) is 11.9. The van der Waals surface area contributed by atoms with Gasteiger partial charge in [-0.1, -0.05) is 6.92 Å². The molecule has 5 heteroatoms. The van der Waals surface area contributed by atoms with Crippen molar-refractivity contribution < 1.29 is 4.79 Å². The van der Waals surface area contributed by atoms with E-state index in [4.69, 9.17) is 0 Å². The highest BCUT2D eigenvalue weighted by molar-refractivity contribution is 5.83. The number of carbonyl (C=O) groups is 1. The van der Waals surface area contributed by atoms with Crippen molar-refractivity contribution in [2.75, 3.05) is 11.9 Å². The molecule has 0 radical (unpaired) electrons. The molecule has 0 aliphatic carbocycles. The summed E-state index contributed by atoms with van der Waals surface area (Å²) in [6, 6.07) is 1.55. The Bertz CT molecular complexity index is 354. The van der Waals surface area contributed by atoms with Gasteiger partial charge in [0.25, 0.3) is 0 Å². The molecule has 1 aromatic rings. The number of hydrogen-bond acceptors (Lipinski definition) is 4. The van der Waals surface area contributed by atoms with Gasteiger partial charge >= 0.3 is 0 Å². The Kier molecular flexibility index (Phi) is 4.69. The first-order chi connectivity index (χ1) is 7.63. The Labute approximate surface area is 95.7 Å². The molecule has 0 aliphatic rings. The minimum absolute atomic E-state index is 0.0230. The third kappa shape index (κ3) is 3.84. The molecule has 0 saturated carbocycles. The van der Waals surface area contributed by atoms with Gasteiger partial charge in [0.05, 0.1) is 6.20 Å². The zero-order valence-corrected chi connectivity index (χ0v) is 9.95. The van der Waals surface area contributed by atoms with Crippen molar-refractivity contribution >= 4 is 11.7 Å². The van der Waals surface area contributed by atoms with Crippen LogP contribution in [0.2, 0.25) is 0 Å². The van der Waals surface area contributed by atoms with E-state index >= 15 is 0 Å². The fourth-order valence-electron chi connectivity index (χ4n) is 1.22. The van der Waals surface area contributed by atoms with E-state index in [0.717, 1.165) is 12.0 Å². The van der Waals surface area contributed by atoms with Gasteiger partial charge in [-0.15, -0.1) is 5.10 Å². The van der Waals surface area contributed by atoms with E-state index in [-0.39, 0.29) is 11.9 Å². The monoisotopic (exact) mass is 222 g/mol. The highest BCUT2D eigenvalue weighted by atomic mass is 16.2. The van der Waals surface area contributed by atoms with Crippen LogP contribution in [0.5, 0.6) is 0 Å². The Hall–Kier alpha value is -1.65. The minimum Gasteiger partial charge on any atom is -0.357 e. The molecule has 1 amide bonds. The van der Waals surface area contributed by atoms with Crippen LogP contribution in [0.15, 0.2) is 12.3 Å². The lowest BCUT2D eigenvalue weighted by atomic mass is 10.3. The predicted molar refractivity (Wildman–Crippen MR) is 63.2 cm³/mol. The Balaban J connectivity index is 2.50. The van der Waals surface area contributed by atoms with Crippen LogP contribution >= 0.6 is 0 Å². The van der Waals surface area contributed by atoms with E-state index in [1.54, 1.807) is 13.1 Å². The van der Waals surface area contributed by atoms with E-state index < -0.39 is 0 Å². The summed E-state index contributed by atoms with van der Waals surface area (Å²) < 4.78 is 0. The number of nitrogens with one attached hydrogen (secondary N) is 2. The van der Waals surface area contributed by atoms with Crippen molar-refractivity contribution in [3.63, 3.8) is 0 Å². The molecule has 0 fully saturated rings. The zero-order valence-electron chi connectivity index (χ0n) is 9.95. The molecule has 1 unspecified atom stereocenters. The highest BCUT2D eigenvalue weighted by Gasteiger charge is 2.12. The molecule has 16 heavy (non-hydrogen) atoms. The van der Waals surface area contributed by atoms with E-state index in [9.17, 15) is 4.79 Å². The number of aromatic nitrogens is 2. The van der Waals surface area contributed by atoms with Crippen LogP contribution < -0.4 is 10.6 Å². The van der Waals surface area contributed by atoms with Crippen molar-refractivity contribution in [3.8, 4) is 0 Å². The first kappa shape index (κ1) is 12.4. The van der Waals surface area contributed by atoms with Crippen molar-refractivity contribution in [3.05, 3.63) is 17.8 Å². The van der Waals surface area contributed by atoms with Gasteiger partial charge in [-0.25, -0.2) is 0 Å². The zero-order chi connectivity index (χ0) is 12.0. The molecular formula is C11H18N4O. The SMILES string of the molecule is CCCNC(=O)C(C)Nc1cc(C)cnn1. The van der Waals surface area contributed by atoms with Crippen molar-refractivity contribution in [2.24, 2.45) is 0 Å². The second-order valence-electron chi connectivity index (χ2n) is 3.78. The van der Waals surface area contributed by atoms with Gasteiger partial charge in [0.2, 0.25) is 5.91 Å². The Morgan fingerprint density at radius 1 is 1.56 bits per heavy atom. The summed E-state index contributed by atoms with van der Waals surface area (Å²) in [4.78, 5) is 11.6. The number of amides is 1. The van der Waals surface area contributed by atoms with Crippen molar-refractivity contribution in [2.45, 2.75) is 33.2 Å². The lowest BCUT2D eigenvalue weighted by Crippen LogP contribution is -2.38.